The average Bonchev–Trinajstić information content (AvgIpc) is 2.73. The van der Waals surface area contributed by atoms with Gasteiger partial charge in [-0.1, -0.05) is 42.8 Å². The molecule has 162 valence electrons. The highest BCUT2D eigenvalue weighted by Gasteiger charge is 2.14. The van der Waals surface area contributed by atoms with Crippen LogP contribution in [0.25, 0.3) is 0 Å². The number of rotatable bonds is 7. The Morgan fingerprint density at radius 3 is 2.30 bits per heavy atom. The third-order valence-corrected chi connectivity index (χ3v) is 6.39. The van der Waals surface area contributed by atoms with Crippen LogP contribution < -0.4 is 15.8 Å². The SMILES string of the molecule is C[C@H](NC(=O)NCc1ccccc1CN1CCCCC1)c1ccc(S(N)(=O)=O)cc1. The zero-order chi connectivity index (χ0) is 21.6. The average molecular weight is 431 g/mol. The first-order valence-corrected chi connectivity index (χ1v) is 11.8. The second-order valence-corrected chi connectivity index (χ2v) is 9.33. The van der Waals surface area contributed by atoms with Crippen LogP contribution in [0.4, 0.5) is 4.79 Å². The number of nitrogens with one attached hydrogen (secondary N) is 2. The number of benzene rings is 2. The van der Waals surface area contributed by atoms with Gasteiger partial charge in [-0.25, -0.2) is 18.4 Å². The summed E-state index contributed by atoms with van der Waals surface area (Å²) in [5.74, 6) is 0. The molecule has 1 aliphatic rings. The summed E-state index contributed by atoms with van der Waals surface area (Å²) in [7, 11) is -3.73. The number of hydrogen-bond acceptors (Lipinski definition) is 4. The van der Waals surface area contributed by atoms with E-state index < -0.39 is 10.0 Å². The van der Waals surface area contributed by atoms with Crippen LogP contribution in [0.2, 0.25) is 0 Å². The van der Waals surface area contributed by atoms with Gasteiger partial charge < -0.3 is 10.6 Å². The van der Waals surface area contributed by atoms with Gasteiger partial charge in [0.25, 0.3) is 0 Å². The van der Waals surface area contributed by atoms with Crippen molar-refractivity contribution in [2.75, 3.05) is 13.1 Å². The molecule has 2 aromatic carbocycles. The molecule has 3 rings (SSSR count). The number of primary sulfonamides is 1. The highest BCUT2D eigenvalue weighted by molar-refractivity contribution is 7.89. The topological polar surface area (TPSA) is 105 Å². The summed E-state index contributed by atoms with van der Waals surface area (Å²) in [5.41, 5.74) is 3.15. The standard InChI is InChI=1S/C22H30N4O3S/c1-17(18-9-11-21(12-10-18)30(23,28)29)25-22(27)24-15-19-7-3-4-8-20(19)16-26-13-5-2-6-14-26/h3-4,7-12,17H,2,5-6,13-16H2,1H3,(H2,23,28,29)(H2,24,25,27)/t17-/m0/s1. The number of amides is 2. The largest absolute Gasteiger partial charge is 0.334 e. The molecule has 0 aromatic heterocycles. The Kier molecular flexibility index (Phi) is 7.47. The molecule has 30 heavy (non-hydrogen) atoms. The molecule has 0 bridgehead atoms. The quantitative estimate of drug-likeness (QED) is 0.628. The first-order chi connectivity index (χ1) is 14.3. The van der Waals surface area contributed by atoms with Crippen molar-refractivity contribution < 1.29 is 13.2 Å². The van der Waals surface area contributed by atoms with Crippen LogP contribution >= 0.6 is 0 Å². The Hall–Kier alpha value is -2.42. The van der Waals surface area contributed by atoms with Crippen molar-refractivity contribution in [2.45, 2.75) is 50.2 Å². The van der Waals surface area contributed by atoms with Crippen LogP contribution in [0.3, 0.4) is 0 Å². The number of hydrogen-bond donors (Lipinski definition) is 3. The molecule has 0 radical (unpaired) electrons. The summed E-state index contributed by atoms with van der Waals surface area (Å²) in [4.78, 5) is 14.9. The van der Waals surface area contributed by atoms with Gasteiger partial charge in [0, 0.05) is 13.1 Å². The molecule has 0 spiro atoms. The summed E-state index contributed by atoms with van der Waals surface area (Å²) >= 11 is 0. The fourth-order valence-corrected chi connectivity index (χ4v) is 4.21. The van der Waals surface area contributed by atoms with Gasteiger partial charge in [0.1, 0.15) is 0 Å². The van der Waals surface area contributed by atoms with E-state index in [9.17, 15) is 13.2 Å². The maximum Gasteiger partial charge on any atom is 0.315 e. The molecule has 4 N–H and O–H groups in total. The van der Waals surface area contributed by atoms with E-state index in [1.54, 1.807) is 12.1 Å². The van der Waals surface area contributed by atoms with E-state index in [0.29, 0.717) is 6.54 Å². The number of nitrogens with zero attached hydrogens (tertiary/aromatic N) is 1. The van der Waals surface area contributed by atoms with Crippen molar-refractivity contribution in [2.24, 2.45) is 5.14 Å². The van der Waals surface area contributed by atoms with Crippen LogP contribution in [0.15, 0.2) is 53.4 Å². The van der Waals surface area contributed by atoms with Crippen molar-refractivity contribution in [3.63, 3.8) is 0 Å². The van der Waals surface area contributed by atoms with E-state index in [1.165, 1.54) is 37.0 Å². The lowest BCUT2D eigenvalue weighted by molar-refractivity contribution is 0.220. The van der Waals surface area contributed by atoms with Gasteiger partial charge in [-0.15, -0.1) is 0 Å². The summed E-state index contributed by atoms with van der Waals surface area (Å²) in [6.45, 7) is 5.46. The van der Waals surface area contributed by atoms with Gasteiger partial charge in [-0.05, 0) is 61.7 Å². The molecule has 1 fully saturated rings. The van der Waals surface area contributed by atoms with Crippen LogP contribution in [0.5, 0.6) is 0 Å². The number of nitrogens with two attached hydrogens (primary N) is 1. The van der Waals surface area contributed by atoms with E-state index in [4.69, 9.17) is 5.14 Å². The highest BCUT2D eigenvalue weighted by atomic mass is 32.2. The van der Waals surface area contributed by atoms with Gasteiger partial charge in [0.15, 0.2) is 0 Å². The van der Waals surface area contributed by atoms with Crippen molar-refractivity contribution in [3.8, 4) is 0 Å². The minimum Gasteiger partial charge on any atom is -0.334 e. The van der Waals surface area contributed by atoms with E-state index in [0.717, 1.165) is 30.8 Å². The summed E-state index contributed by atoms with van der Waals surface area (Å²) in [5, 5.41) is 10.9. The molecular formula is C22H30N4O3S. The smallest absolute Gasteiger partial charge is 0.315 e. The van der Waals surface area contributed by atoms with Crippen molar-refractivity contribution in [3.05, 3.63) is 65.2 Å². The van der Waals surface area contributed by atoms with Crippen LogP contribution in [0.1, 0.15) is 48.9 Å². The van der Waals surface area contributed by atoms with Gasteiger partial charge in [0.05, 0.1) is 10.9 Å². The van der Waals surface area contributed by atoms with Crippen molar-refractivity contribution >= 4 is 16.1 Å². The summed E-state index contributed by atoms with van der Waals surface area (Å²) < 4.78 is 22.7. The first-order valence-electron chi connectivity index (χ1n) is 10.3. The molecule has 7 nitrogen and oxygen atoms in total. The lowest BCUT2D eigenvalue weighted by atomic mass is 10.0. The van der Waals surface area contributed by atoms with E-state index in [2.05, 4.69) is 27.7 Å². The zero-order valence-electron chi connectivity index (χ0n) is 17.3. The number of likely N-dealkylation sites (tertiary alicyclic amines) is 1. The second kappa shape index (κ2) is 10.1. The Morgan fingerprint density at radius 2 is 1.67 bits per heavy atom. The van der Waals surface area contributed by atoms with E-state index in [1.807, 2.05) is 19.1 Å². The fraction of sp³-hybridized carbons (Fsp3) is 0.409. The van der Waals surface area contributed by atoms with E-state index in [-0.39, 0.29) is 17.0 Å². The summed E-state index contributed by atoms with van der Waals surface area (Å²) in [6.07, 6.45) is 3.81. The summed E-state index contributed by atoms with van der Waals surface area (Å²) in [6, 6.07) is 13.8. The molecule has 1 heterocycles. The number of carbonyl (C=O) groups excluding carboxylic acids is 1. The zero-order valence-corrected chi connectivity index (χ0v) is 18.1. The number of urea groups is 1. The Labute approximate surface area is 178 Å². The maximum absolute atomic E-state index is 12.4. The van der Waals surface area contributed by atoms with Gasteiger partial charge in [-0.2, -0.15) is 0 Å². The minimum atomic E-state index is -3.73. The molecule has 8 heteroatoms. The van der Waals surface area contributed by atoms with Gasteiger partial charge in [-0.3, -0.25) is 4.90 Å². The number of piperidine rings is 1. The third kappa shape index (κ3) is 6.29. The monoisotopic (exact) mass is 430 g/mol. The first kappa shape index (κ1) is 22.3. The maximum atomic E-state index is 12.4. The Bertz CT molecular complexity index is 955. The predicted octanol–water partition coefficient (Wildman–Crippen LogP) is 2.88. The second-order valence-electron chi connectivity index (χ2n) is 7.77. The minimum absolute atomic E-state index is 0.0493. The predicted molar refractivity (Wildman–Crippen MR) is 117 cm³/mol. The van der Waals surface area contributed by atoms with Crippen LogP contribution in [-0.4, -0.2) is 32.4 Å². The molecule has 0 saturated carbocycles. The lowest BCUT2D eigenvalue weighted by Gasteiger charge is -2.27. The van der Waals surface area contributed by atoms with Gasteiger partial charge >= 0.3 is 6.03 Å². The molecule has 2 amide bonds. The number of carbonyl (C=O) groups is 1. The molecular weight excluding hydrogens is 400 g/mol. The molecule has 0 aliphatic carbocycles. The lowest BCUT2D eigenvalue weighted by Crippen LogP contribution is -2.37. The van der Waals surface area contributed by atoms with Gasteiger partial charge in [0.2, 0.25) is 10.0 Å². The van der Waals surface area contributed by atoms with Crippen molar-refractivity contribution in [1.29, 1.82) is 0 Å². The number of sulfonamides is 1. The molecule has 2 aromatic rings. The van der Waals surface area contributed by atoms with Crippen molar-refractivity contribution in [1.82, 2.24) is 15.5 Å². The van der Waals surface area contributed by atoms with Crippen LogP contribution in [0, 0.1) is 0 Å². The van der Waals surface area contributed by atoms with Crippen LogP contribution in [-0.2, 0) is 23.1 Å². The molecule has 0 unspecified atom stereocenters. The van der Waals surface area contributed by atoms with E-state index >= 15 is 0 Å². The Morgan fingerprint density at radius 1 is 1.03 bits per heavy atom. The molecule has 1 aliphatic heterocycles. The normalized spacial score (nSPS) is 16.1. The highest BCUT2D eigenvalue weighted by Crippen LogP contribution is 2.17. The third-order valence-electron chi connectivity index (χ3n) is 5.46. The molecule has 1 saturated heterocycles. The molecule has 1 atom stereocenters. The Balaban J connectivity index is 1.54. The fourth-order valence-electron chi connectivity index (χ4n) is 3.70.